The predicted molar refractivity (Wildman–Crippen MR) is 127 cm³/mol. The van der Waals surface area contributed by atoms with Crippen LogP contribution >= 0.6 is 15.9 Å². The number of ether oxygens (including phenoxy) is 2. The lowest BCUT2D eigenvalue weighted by atomic mass is 10.2. The van der Waals surface area contributed by atoms with Gasteiger partial charge in [-0.1, -0.05) is 34.1 Å². The lowest BCUT2D eigenvalue weighted by Crippen LogP contribution is -2.11. The van der Waals surface area contributed by atoms with E-state index < -0.39 is 9.84 Å². The molecule has 9 heteroatoms. The number of methoxy groups -OCH3 is 2. The van der Waals surface area contributed by atoms with E-state index in [-0.39, 0.29) is 10.6 Å². The minimum absolute atomic E-state index is 0.201. The second kappa shape index (κ2) is 9.13. The van der Waals surface area contributed by atoms with E-state index in [1.807, 2.05) is 18.2 Å². The highest BCUT2D eigenvalue weighted by atomic mass is 79.9. The van der Waals surface area contributed by atoms with Crippen molar-refractivity contribution in [3.63, 3.8) is 0 Å². The molecule has 0 fully saturated rings. The van der Waals surface area contributed by atoms with Crippen molar-refractivity contribution >= 4 is 48.3 Å². The first-order chi connectivity index (χ1) is 15.4. The van der Waals surface area contributed by atoms with E-state index in [1.54, 1.807) is 62.8 Å². The average molecular weight is 514 g/mol. The molecule has 32 heavy (non-hydrogen) atoms. The van der Waals surface area contributed by atoms with Crippen molar-refractivity contribution in [1.29, 1.82) is 0 Å². The van der Waals surface area contributed by atoms with E-state index in [4.69, 9.17) is 9.47 Å². The zero-order valence-electron chi connectivity index (χ0n) is 17.4. The fourth-order valence-electron chi connectivity index (χ4n) is 3.20. The molecular formula is C23H20BrN3O4S. The fourth-order valence-corrected chi connectivity index (χ4v) is 5.07. The van der Waals surface area contributed by atoms with Crippen molar-refractivity contribution < 1.29 is 17.9 Å². The van der Waals surface area contributed by atoms with E-state index in [0.29, 0.717) is 44.2 Å². The molecule has 4 rings (SSSR count). The number of halogens is 1. The highest BCUT2D eigenvalue weighted by Crippen LogP contribution is 2.33. The van der Waals surface area contributed by atoms with Gasteiger partial charge in [0.2, 0.25) is 0 Å². The van der Waals surface area contributed by atoms with Gasteiger partial charge in [0, 0.05) is 10.5 Å². The second-order valence-electron chi connectivity index (χ2n) is 6.92. The van der Waals surface area contributed by atoms with Crippen LogP contribution in [0, 0.1) is 0 Å². The number of sulfone groups is 1. The summed E-state index contributed by atoms with van der Waals surface area (Å²) in [5.74, 6) is 1.18. The predicted octanol–water partition coefficient (Wildman–Crippen LogP) is 5.13. The molecule has 0 bridgehead atoms. The highest BCUT2D eigenvalue weighted by molar-refractivity contribution is 9.10. The van der Waals surface area contributed by atoms with Gasteiger partial charge in [0.05, 0.1) is 41.5 Å². The topological polar surface area (TPSA) is 90.4 Å². The van der Waals surface area contributed by atoms with Gasteiger partial charge in [0.15, 0.2) is 15.7 Å². The molecule has 7 nitrogen and oxygen atoms in total. The summed E-state index contributed by atoms with van der Waals surface area (Å²) in [5, 5.41) is 3.19. The third-order valence-corrected chi connectivity index (χ3v) is 6.90. The maximum atomic E-state index is 13.2. The van der Waals surface area contributed by atoms with E-state index in [2.05, 4.69) is 31.2 Å². The Labute approximate surface area is 194 Å². The summed E-state index contributed by atoms with van der Waals surface area (Å²) in [6, 6.07) is 19.2. The van der Waals surface area contributed by atoms with E-state index >= 15 is 0 Å². The maximum Gasteiger partial charge on any atom is 0.184 e. The van der Waals surface area contributed by atoms with Crippen LogP contribution in [0.1, 0.15) is 5.69 Å². The number of nitrogens with one attached hydrogen (secondary N) is 1. The summed E-state index contributed by atoms with van der Waals surface area (Å²) in [5.41, 5.74) is 2.13. The average Bonchev–Trinajstić information content (AvgIpc) is 2.79. The summed E-state index contributed by atoms with van der Waals surface area (Å²) in [6.07, 6.45) is 0. The van der Waals surface area contributed by atoms with Crippen LogP contribution in [0.5, 0.6) is 11.5 Å². The van der Waals surface area contributed by atoms with Crippen LogP contribution < -0.4 is 14.8 Å². The Morgan fingerprint density at radius 2 is 1.66 bits per heavy atom. The summed E-state index contributed by atoms with van der Waals surface area (Å²) >= 11 is 3.33. The zero-order valence-corrected chi connectivity index (χ0v) is 19.8. The molecule has 1 aromatic heterocycles. The SMILES string of the molecule is COc1ccc(OC)c(Nc2nc3ccccc3nc2CS(=O)(=O)c2cccc(Br)c2)c1. The van der Waals surface area contributed by atoms with E-state index in [1.165, 1.54) is 0 Å². The number of anilines is 2. The largest absolute Gasteiger partial charge is 0.497 e. The number of para-hydroxylation sites is 2. The van der Waals surface area contributed by atoms with Crippen molar-refractivity contribution in [2.75, 3.05) is 19.5 Å². The Bertz CT molecular complexity index is 1390. The monoisotopic (exact) mass is 513 g/mol. The first kappa shape index (κ1) is 22.0. The quantitative estimate of drug-likeness (QED) is 0.366. The van der Waals surface area contributed by atoms with Crippen LogP contribution in [0.15, 0.2) is 76.1 Å². The molecule has 0 radical (unpaired) electrons. The molecule has 0 aliphatic heterocycles. The first-order valence-corrected chi connectivity index (χ1v) is 12.1. The van der Waals surface area contributed by atoms with Crippen LogP contribution in [0.4, 0.5) is 11.5 Å². The molecule has 1 heterocycles. The van der Waals surface area contributed by atoms with Crippen molar-refractivity contribution in [3.8, 4) is 11.5 Å². The third kappa shape index (κ3) is 4.68. The van der Waals surface area contributed by atoms with Crippen molar-refractivity contribution in [2.45, 2.75) is 10.6 Å². The summed E-state index contributed by atoms with van der Waals surface area (Å²) < 4.78 is 37.7. The van der Waals surface area contributed by atoms with Gasteiger partial charge < -0.3 is 14.8 Å². The molecule has 0 aliphatic rings. The highest BCUT2D eigenvalue weighted by Gasteiger charge is 2.21. The number of aromatic nitrogens is 2. The molecule has 0 spiro atoms. The summed E-state index contributed by atoms with van der Waals surface area (Å²) in [6.45, 7) is 0. The molecule has 0 aliphatic carbocycles. The Morgan fingerprint density at radius 1 is 0.906 bits per heavy atom. The molecule has 0 saturated carbocycles. The number of hydrogen-bond acceptors (Lipinski definition) is 7. The van der Waals surface area contributed by atoms with Crippen LogP contribution in [0.25, 0.3) is 11.0 Å². The molecule has 0 atom stereocenters. The zero-order chi connectivity index (χ0) is 22.7. The molecule has 0 unspecified atom stereocenters. The number of fused-ring (bicyclic) bond motifs is 1. The Hall–Kier alpha value is -3.17. The van der Waals surface area contributed by atoms with E-state index in [0.717, 1.165) is 0 Å². The fraction of sp³-hybridized carbons (Fsp3) is 0.130. The number of hydrogen-bond donors (Lipinski definition) is 1. The number of nitrogens with zero attached hydrogens (tertiary/aromatic N) is 2. The summed E-state index contributed by atoms with van der Waals surface area (Å²) in [4.78, 5) is 9.47. The number of rotatable bonds is 7. The minimum atomic E-state index is -3.68. The molecule has 164 valence electrons. The Morgan fingerprint density at radius 3 is 2.34 bits per heavy atom. The van der Waals surface area contributed by atoms with Gasteiger partial charge in [0.1, 0.15) is 17.3 Å². The lowest BCUT2D eigenvalue weighted by molar-refractivity contribution is 0.405. The van der Waals surface area contributed by atoms with Gasteiger partial charge in [-0.3, -0.25) is 0 Å². The molecule has 3 aromatic carbocycles. The molecule has 1 N–H and O–H groups in total. The lowest BCUT2D eigenvalue weighted by Gasteiger charge is -2.15. The van der Waals surface area contributed by atoms with Crippen molar-refractivity contribution in [3.05, 3.63) is 76.9 Å². The Balaban J connectivity index is 1.81. The van der Waals surface area contributed by atoms with Gasteiger partial charge in [-0.2, -0.15) is 0 Å². The maximum absolute atomic E-state index is 13.2. The van der Waals surface area contributed by atoms with Crippen LogP contribution in [-0.4, -0.2) is 32.6 Å². The molecule has 4 aromatic rings. The molecule has 0 saturated heterocycles. The molecule has 0 amide bonds. The van der Waals surface area contributed by atoms with Gasteiger partial charge in [-0.15, -0.1) is 0 Å². The number of benzene rings is 3. The van der Waals surface area contributed by atoms with Crippen LogP contribution in [-0.2, 0) is 15.6 Å². The van der Waals surface area contributed by atoms with Gasteiger partial charge >= 0.3 is 0 Å². The molecular weight excluding hydrogens is 494 g/mol. The van der Waals surface area contributed by atoms with Crippen LogP contribution in [0.3, 0.4) is 0 Å². The smallest absolute Gasteiger partial charge is 0.184 e. The van der Waals surface area contributed by atoms with Crippen molar-refractivity contribution in [2.24, 2.45) is 0 Å². The van der Waals surface area contributed by atoms with Gasteiger partial charge in [-0.05, 0) is 42.5 Å². The van der Waals surface area contributed by atoms with E-state index in [9.17, 15) is 8.42 Å². The normalized spacial score (nSPS) is 11.3. The second-order valence-corrected chi connectivity index (χ2v) is 9.82. The Kier molecular flexibility index (Phi) is 6.29. The third-order valence-electron chi connectivity index (χ3n) is 4.78. The van der Waals surface area contributed by atoms with Gasteiger partial charge in [0.25, 0.3) is 0 Å². The summed E-state index contributed by atoms with van der Waals surface area (Å²) in [7, 11) is -0.556. The van der Waals surface area contributed by atoms with Gasteiger partial charge in [-0.25, -0.2) is 18.4 Å². The van der Waals surface area contributed by atoms with Crippen molar-refractivity contribution in [1.82, 2.24) is 9.97 Å². The standard InChI is InChI=1S/C23H20BrN3O4S/c1-30-16-10-11-22(31-2)20(13-16)27-23-21(25-18-8-3-4-9-19(18)26-23)14-32(28,29)17-7-5-6-15(24)12-17/h3-13H,14H2,1-2H3,(H,26,27). The minimum Gasteiger partial charge on any atom is -0.497 e. The van der Waals surface area contributed by atoms with Crippen LogP contribution in [0.2, 0.25) is 0 Å². The first-order valence-electron chi connectivity index (χ1n) is 9.62.